The molecule has 2 aromatic rings. The van der Waals surface area contributed by atoms with Gasteiger partial charge in [0, 0.05) is 43.5 Å². The minimum atomic E-state index is 0.157. The van der Waals surface area contributed by atoms with E-state index >= 15 is 0 Å². The van der Waals surface area contributed by atoms with Crippen molar-refractivity contribution in [3.8, 4) is 11.3 Å². The molecular weight excluding hydrogens is 362 g/mol. The Morgan fingerprint density at radius 2 is 1.76 bits per heavy atom. The molecule has 4 rings (SSSR count). The molecule has 1 saturated carbocycles. The number of piperidine rings is 1. The Balaban J connectivity index is 1.53. The monoisotopic (exact) mass is 395 g/mol. The summed E-state index contributed by atoms with van der Waals surface area (Å²) < 4.78 is 5.93. The molecule has 3 heterocycles. The van der Waals surface area contributed by atoms with Gasteiger partial charge in [-0.1, -0.05) is 19.3 Å². The average Bonchev–Trinajstić information content (AvgIpc) is 2.75. The molecule has 0 radical (unpaired) electrons. The fourth-order valence-corrected chi connectivity index (χ4v) is 4.64. The summed E-state index contributed by atoms with van der Waals surface area (Å²) in [6.45, 7) is 5.80. The third-order valence-corrected chi connectivity index (χ3v) is 6.30. The van der Waals surface area contributed by atoms with E-state index in [1.165, 1.54) is 32.1 Å². The molecule has 1 saturated heterocycles. The lowest BCUT2D eigenvalue weighted by molar-refractivity contribution is 0.0534. The molecule has 6 nitrogen and oxygen atoms in total. The Morgan fingerprint density at radius 3 is 2.48 bits per heavy atom. The highest BCUT2D eigenvalue weighted by Crippen LogP contribution is 2.31. The summed E-state index contributed by atoms with van der Waals surface area (Å²) in [6.07, 6.45) is 7.89. The van der Waals surface area contributed by atoms with Gasteiger partial charge in [-0.25, -0.2) is 4.98 Å². The highest BCUT2D eigenvalue weighted by Gasteiger charge is 2.32. The van der Waals surface area contributed by atoms with Gasteiger partial charge in [-0.3, -0.25) is 0 Å². The van der Waals surface area contributed by atoms with Gasteiger partial charge in [0.1, 0.15) is 5.82 Å². The molecule has 2 aliphatic rings. The first-order valence-corrected chi connectivity index (χ1v) is 11.0. The van der Waals surface area contributed by atoms with Crippen LogP contribution >= 0.6 is 0 Å². The van der Waals surface area contributed by atoms with Crippen LogP contribution in [0.2, 0.25) is 0 Å². The van der Waals surface area contributed by atoms with E-state index in [2.05, 4.69) is 26.5 Å². The molecule has 6 heteroatoms. The maximum Gasteiger partial charge on any atom is 0.138 e. The van der Waals surface area contributed by atoms with Crippen LogP contribution in [0.25, 0.3) is 11.3 Å². The standard InChI is InChI=1S/C23H33N5O/c1-16-9-11-19(20-12-10-17(2)26-27-20)23(24-16)28-14-13-21(22(15-28)29-3)25-18-7-5-4-6-8-18/h9-12,18,21-22,25H,4-8,13-15H2,1-3H3/t21-,22+/m1/s1. The summed E-state index contributed by atoms with van der Waals surface area (Å²) in [5.74, 6) is 0.987. The normalized spacial score (nSPS) is 23.3. The largest absolute Gasteiger partial charge is 0.378 e. The van der Waals surface area contributed by atoms with E-state index in [0.717, 1.165) is 48.0 Å². The lowest BCUT2D eigenvalue weighted by Gasteiger charge is -2.41. The van der Waals surface area contributed by atoms with E-state index in [0.29, 0.717) is 12.1 Å². The molecule has 156 valence electrons. The fraction of sp³-hybridized carbons (Fsp3) is 0.609. The van der Waals surface area contributed by atoms with Crippen molar-refractivity contribution in [1.82, 2.24) is 20.5 Å². The van der Waals surface area contributed by atoms with E-state index in [-0.39, 0.29) is 6.10 Å². The molecule has 2 aromatic heterocycles. The van der Waals surface area contributed by atoms with Crippen LogP contribution in [0.4, 0.5) is 5.82 Å². The number of nitrogens with one attached hydrogen (secondary N) is 1. The quantitative estimate of drug-likeness (QED) is 0.833. The van der Waals surface area contributed by atoms with Gasteiger partial charge in [0.2, 0.25) is 0 Å². The first kappa shape index (κ1) is 20.2. The molecule has 2 atom stereocenters. The van der Waals surface area contributed by atoms with Crippen LogP contribution < -0.4 is 10.2 Å². The second kappa shape index (κ2) is 9.18. The van der Waals surface area contributed by atoms with Crippen LogP contribution in [0.3, 0.4) is 0 Å². The summed E-state index contributed by atoms with van der Waals surface area (Å²) in [5.41, 5.74) is 3.84. The Morgan fingerprint density at radius 1 is 0.966 bits per heavy atom. The molecule has 0 bridgehead atoms. The van der Waals surface area contributed by atoms with Gasteiger partial charge >= 0.3 is 0 Å². The lowest BCUT2D eigenvalue weighted by Crippen LogP contribution is -2.56. The van der Waals surface area contributed by atoms with Crippen molar-refractivity contribution in [2.75, 3.05) is 25.1 Å². The minimum absolute atomic E-state index is 0.157. The van der Waals surface area contributed by atoms with E-state index in [4.69, 9.17) is 9.72 Å². The summed E-state index contributed by atoms with van der Waals surface area (Å²) in [6, 6.07) is 9.25. The van der Waals surface area contributed by atoms with Crippen molar-refractivity contribution in [3.05, 3.63) is 35.7 Å². The summed E-state index contributed by atoms with van der Waals surface area (Å²) >= 11 is 0. The maximum atomic E-state index is 5.93. The van der Waals surface area contributed by atoms with Gasteiger partial charge in [0.25, 0.3) is 0 Å². The average molecular weight is 396 g/mol. The number of hydrogen-bond acceptors (Lipinski definition) is 6. The van der Waals surface area contributed by atoms with Gasteiger partial charge in [0.15, 0.2) is 0 Å². The zero-order valence-electron chi connectivity index (χ0n) is 17.9. The molecule has 1 aliphatic carbocycles. The SMILES string of the molecule is CO[C@H]1CN(c2nc(C)ccc2-c2ccc(C)nn2)CC[C@H]1NC1CCCCC1. The molecular formula is C23H33N5O. The first-order valence-electron chi connectivity index (χ1n) is 11.0. The maximum absolute atomic E-state index is 5.93. The van der Waals surface area contributed by atoms with Crippen molar-refractivity contribution in [1.29, 1.82) is 0 Å². The third-order valence-electron chi connectivity index (χ3n) is 6.30. The van der Waals surface area contributed by atoms with Crippen molar-refractivity contribution in [2.45, 2.75) is 70.6 Å². The van der Waals surface area contributed by atoms with Crippen molar-refractivity contribution in [3.63, 3.8) is 0 Å². The second-order valence-corrected chi connectivity index (χ2v) is 8.50. The second-order valence-electron chi connectivity index (χ2n) is 8.50. The molecule has 0 spiro atoms. The summed E-state index contributed by atoms with van der Waals surface area (Å²) in [4.78, 5) is 7.25. The number of rotatable bonds is 5. The number of pyridine rings is 1. The van der Waals surface area contributed by atoms with Crippen LogP contribution in [0, 0.1) is 13.8 Å². The van der Waals surface area contributed by atoms with Gasteiger partial charge in [-0.2, -0.15) is 10.2 Å². The smallest absolute Gasteiger partial charge is 0.138 e. The lowest BCUT2D eigenvalue weighted by atomic mass is 9.92. The van der Waals surface area contributed by atoms with Gasteiger partial charge in [-0.05, 0) is 57.4 Å². The van der Waals surface area contributed by atoms with Crippen LogP contribution in [-0.4, -0.2) is 53.6 Å². The molecule has 0 aromatic carbocycles. The van der Waals surface area contributed by atoms with Crippen molar-refractivity contribution >= 4 is 5.82 Å². The van der Waals surface area contributed by atoms with Crippen molar-refractivity contribution < 1.29 is 4.74 Å². The van der Waals surface area contributed by atoms with Gasteiger partial charge in [0.05, 0.1) is 17.5 Å². The Kier molecular flexibility index (Phi) is 6.40. The van der Waals surface area contributed by atoms with Crippen LogP contribution in [0.15, 0.2) is 24.3 Å². The van der Waals surface area contributed by atoms with E-state index in [9.17, 15) is 0 Å². The highest BCUT2D eigenvalue weighted by atomic mass is 16.5. The predicted octanol–water partition coefficient (Wildman–Crippen LogP) is 3.67. The number of aromatic nitrogens is 3. The minimum Gasteiger partial charge on any atom is -0.378 e. The first-order chi connectivity index (χ1) is 14.1. The fourth-order valence-electron chi connectivity index (χ4n) is 4.64. The number of nitrogens with zero attached hydrogens (tertiary/aromatic N) is 4. The molecule has 0 unspecified atom stereocenters. The Bertz CT molecular complexity index is 803. The van der Waals surface area contributed by atoms with Gasteiger partial charge < -0.3 is 15.0 Å². The summed E-state index contributed by atoms with van der Waals surface area (Å²) in [5, 5.41) is 12.5. The van der Waals surface area contributed by atoms with Gasteiger partial charge in [-0.15, -0.1) is 0 Å². The molecule has 29 heavy (non-hydrogen) atoms. The van der Waals surface area contributed by atoms with Crippen LogP contribution in [0.5, 0.6) is 0 Å². The third kappa shape index (κ3) is 4.75. The number of hydrogen-bond donors (Lipinski definition) is 1. The number of methoxy groups -OCH3 is 1. The van der Waals surface area contributed by atoms with E-state index in [1.807, 2.05) is 39.2 Å². The molecule has 0 amide bonds. The highest BCUT2D eigenvalue weighted by molar-refractivity contribution is 5.73. The zero-order chi connectivity index (χ0) is 20.2. The summed E-state index contributed by atoms with van der Waals surface area (Å²) in [7, 11) is 1.83. The predicted molar refractivity (Wildman–Crippen MR) is 116 cm³/mol. The molecule has 1 aliphatic heterocycles. The number of aryl methyl sites for hydroxylation is 2. The zero-order valence-corrected chi connectivity index (χ0v) is 17.9. The van der Waals surface area contributed by atoms with Crippen molar-refractivity contribution in [2.24, 2.45) is 0 Å². The molecule has 1 N–H and O–H groups in total. The van der Waals surface area contributed by atoms with Crippen LogP contribution in [-0.2, 0) is 4.74 Å². The Labute approximate surface area is 174 Å². The molecule has 2 fully saturated rings. The topological polar surface area (TPSA) is 63.2 Å². The number of ether oxygens (including phenoxy) is 1. The van der Waals surface area contributed by atoms with Crippen LogP contribution in [0.1, 0.15) is 49.9 Å². The van der Waals surface area contributed by atoms with E-state index in [1.54, 1.807) is 0 Å². The van der Waals surface area contributed by atoms with E-state index < -0.39 is 0 Å². The number of anilines is 1. The Hall–Kier alpha value is -2.05.